The monoisotopic (exact) mass is 491 g/mol. The lowest BCUT2D eigenvalue weighted by Crippen LogP contribution is -2.28. The van der Waals surface area contributed by atoms with Crippen molar-refractivity contribution in [1.29, 1.82) is 0 Å². The maximum atomic E-state index is 13.1. The van der Waals surface area contributed by atoms with Crippen LogP contribution in [0, 0.1) is 0 Å². The van der Waals surface area contributed by atoms with Crippen LogP contribution in [0.5, 0.6) is 11.5 Å². The molecule has 0 radical (unpaired) electrons. The fraction of sp³-hybridized carbons (Fsp3) is 0.391. The van der Waals surface area contributed by atoms with Crippen LogP contribution < -0.4 is 20.1 Å². The van der Waals surface area contributed by atoms with E-state index in [0.717, 1.165) is 5.56 Å². The molecule has 10 heteroatoms. The van der Waals surface area contributed by atoms with Crippen molar-refractivity contribution >= 4 is 42.0 Å². The van der Waals surface area contributed by atoms with Crippen LogP contribution >= 0.6 is 19.4 Å². The predicted molar refractivity (Wildman–Crippen MR) is 127 cm³/mol. The molecule has 8 nitrogen and oxygen atoms in total. The second kappa shape index (κ2) is 9.89. The van der Waals surface area contributed by atoms with Crippen LogP contribution in [0.4, 0.5) is 5.69 Å². The van der Waals surface area contributed by atoms with E-state index in [9.17, 15) is 14.2 Å². The molecule has 4 rings (SSSR count). The van der Waals surface area contributed by atoms with Crippen LogP contribution in [0.15, 0.2) is 36.4 Å². The highest BCUT2D eigenvalue weighted by Crippen LogP contribution is 2.47. The Morgan fingerprint density at radius 2 is 1.76 bits per heavy atom. The summed E-state index contributed by atoms with van der Waals surface area (Å²) < 4.78 is 34.5. The first-order valence-corrected chi connectivity index (χ1v) is 13.3. The van der Waals surface area contributed by atoms with Gasteiger partial charge in [-0.05, 0) is 69.2 Å². The van der Waals surface area contributed by atoms with Gasteiger partial charge in [-0.15, -0.1) is 11.8 Å². The molecule has 2 heterocycles. The van der Waals surface area contributed by atoms with Crippen LogP contribution in [0.1, 0.15) is 36.7 Å². The zero-order valence-corrected chi connectivity index (χ0v) is 20.4. The molecule has 2 aromatic carbocycles. The summed E-state index contributed by atoms with van der Waals surface area (Å²) in [6.45, 7) is 5.95. The Morgan fingerprint density at radius 3 is 2.39 bits per heavy atom. The van der Waals surface area contributed by atoms with Crippen molar-refractivity contribution in [3.8, 4) is 11.5 Å². The Balaban J connectivity index is 1.51. The van der Waals surface area contributed by atoms with Gasteiger partial charge >= 0.3 is 7.60 Å². The van der Waals surface area contributed by atoms with Gasteiger partial charge in [0.05, 0.1) is 29.0 Å². The first kappa shape index (κ1) is 23.8. The lowest BCUT2D eigenvalue weighted by Gasteiger charge is -2.18. The number of benzene rings is 2. The maximum absolute atomic E-state index is 13.1. The molecule has 1 amide bonds. The van der Waals surface area contributed by atoms with Gasteiger partial charge in [0.15, 0.2) is 17.3 Å². The predicted octanol–water partition coefficient (Wildman–Crippen LogP) is 4.17. The Morgan fingerprint density at radius 1 is 1.12 bits per heavy atom. The van der Waals surface area contributed by atoms with E-state index in [1.807, 2.05) is 0 Å². The Kier molecular flexibility index (Phi) is 7.14. The van der Waals surface area contributed by atoms with Crippen molar-refractivity contribution in [3.05, 3.63) is 47.5 Å². The number of ether oxygens (including phenoxy) is 2. The summed E-state index contributed by atoms with van der Waals surface area (Å²) in [4.78, 5) is 26.0. The molecule has 33 heavy (non-hydrogen) atoms. The fourth-order valence-corrected chi connectivity index (χ4v) is 6.56. The summed E-state index contributed by atoms with van der Waals surface area (Å²) in [5, 5.41) is 2.48. The average molecular weight is 492 g/mol. The number of thioether (sulfide) groups is 1. The SMILES string of the molecule is CCOP(=O)(OCC)c1ccc(NC(=O)C2Cc3cc4c(cc3C(=O)C(C)S2)OCO4)cc1. The molecule has 0 fully saturated rings. The van der Waals surface area contributed by atoms with Crippen molar-refractivity contribution in [3.63, 3.8) is 0 Å². The normalized spacial score (nSPS) is 19.7. The summed E-state index contributed by atoms with van der Waals surface area (Å²) in [5.41, 5.74) is 1.89. The molecule has 0 aliphatic carbocycles. The second-order valence-electron chi connectivity index (χ2n) is 7.57. The number of hydrogen-bond acceptors (Lipinski definition) is 8. The maximum Gasteiger partial charge on any atom is 0.361 e. The van der Waals surface area contributed by atoms with Crippen LogP contribution in [0.3, 0.4) is 0 Å². The highest BCUT2D eigenvalue weighted by atomic mass is 32.2. The molecule has 0 spiro atoms. The van der Waals surface area contributed by atoms with Crippen molar-refractivity contribution < 1.29 is 32.7 Å². The fourth-order valence-electron chi connectivity index (χ4n) is 3.79. The van der Waals surface area contributed by atoms with E-state index in [4.69, 9.17) is 18.5 Å². The van der Waals surface area contributed by atoms with Crippen LogP contribution in [0.2, 0.25) is 0 Å². The number of carbonyl (C=O) groups is 2. The smallest absolute Gasteiger partial charge is 0.361 e. The minimum absolute atomic E-state index is 0.0319. The van der Waals surface area contributed by atoms with Crippen LogP contribution in [-0.2, 0) is 24.8 Å². The summed E-state index contributed by atoms with van der Waals surface area (Å²) in [6, 6.07) is 10.1. The number of ketones is 1. The van der Waals surface area contributed by atoms with Gasteiger partial charge in [-0.1, -0.05) is 0 Å². The molecular formula is C23H26NO7PS. The third kappa shape index (κ3) is 4.96. The van der Waals surface area contributed by atoms with Gasteiger partial charge in [0.2, 0.25) is 12.7 Å². The Hall–Kier alpha value is -2.32. The number of fused-ring (bicyclic) bond motifs is 2. The summed E-state index contributed by atoms with van der Waals surface area (Å²) in [7, 11) is -3.39. The third-order valence-electron chi connectivity index (χ3n) is 5.35. The molecule has 2 aliphatic heterocycles. The van der Waals surface area contributed by atoms with E-state index in [1.54, 1.807) is 57.2 Å². The molecule has 2 atom stereocenters. The lowest BCUT2D eigenvalue weighted by atomic mass is 9.97. The topological polar surface area (TPSA) is 100 Å². The third-order valence-corrected chi connectivity index (χ3v) is 8.81. The van der Waals surface area contributed by atoms with E-state index >= 15 is 0 Å². The number of amides is 1. The zero-order chi connectivity index (χ0) is 23.6. The molecule has 0 saturated carbocycles. The van der Waals surface area contributed by atoms with Crippen LogP contribution in [0.25, 0.3) is 0 Å². The standard InChI is InChI=1S/C23H26NO7PS/c1-4-30-32(27,31-5-2)17-8-6-16(7-9-17)24-23(26)21-11-15-10-19-20(29-13-28-19)12-18(15)22(25)14(3)33-21/h6-10,12,14,21H,4-5,11,13H2,1-3H3,(H,24,26). The van der Waals surface area contributed by atoms with Gasteiger partial charge in [0, 0.05) is 11.3 Å². The molecule has 176 valence electrons. The summed E-state index contributed by atoms with van der Waals surface area (Å²) in [5.74, 6) is 0.897. The first-order chi connectivity index (χ1) is 15.8. The number of rotatable bonds is 7. The molecule has 1 N–H and O–H groups in total. The highest BCUT2D eigenvalue weighted by Gasteiger charge is 2.34. The minimum Gasteiger partial charge on any atom is -0.454 e. The lowest BCUT2D eigenvalue weighted by molar-refractivity contribution is -0.115. The number of anilines is 1. The van der Waals surface area contributed by atoms with E-state index < -0.39 is 12.8 Å². The molecule has 0 saturated heterocycles. The molecule has 0 aromatic heterocycles. The highest BCUT2D eigenvalue weighted by molar-refractivity contribution is 8.02. The van der Waals surface area contributed by atoms with Gasteiger partial charge in [-0.25, -0.2) is 0 Å². The van der Waals surface area contributed by atoms with Crippen LogP contribution in [-0.4, -0.2) is 42.2 Å². The number of Topliss-reactive ketones (excluding diaryl/α,β-unsaturated/α-hetero) is 1. The van der Waals surface area contributed by atoms with Crippen molar-refractivity contribution in [1.82, 2.24) is 0 Å². The quantitative estimate of drug-likeness (QED) is 0.576. The molecule has 2 unspecified atom stereocenters. The number of hydrogen-bond donors (Lipinski definition) is 1. The zero-order valence-electron chi connectivity index (χ0n) is 18.7. The molecule has 0 bridgehead atoms. The molecule has 2 aliphatic rings. The van der Waals surface area contributed by atoms with Gasteiger partial charge in [-0.2, -0.15) is 0 Å². The Labute approximate surface area is 196 Å². The van der Waals surface area contributed by atoms with Crippen molar-refractivity contribution in [2.45, 2.75) is 37.7 Å². The van der Waals surface area contributed by atoms with Crippen molar-refractivity contribution in [2.75, 3.05) is 25.3 Å². The van der Waals surface area contributed by atoms with E-state index in [-0.39, 0.29) is 36.9 Å². The first-order valence-electron chi connectivity index (χ1n) is 10.8. The minimum atomic E-state index is -3.39. The summed E-state index contributed by atoms with van der Waals surface area (Å²) in [6.07, 6.45) is 0.389. The molecule has 2 aromatic rings. The van der Waals surface area contributed by atoms with Gasteiger partial charge < -0.3 is 23.8 Å². The Bertz CT molecular complexity index is 1090. The average Bonchev–Trinajstić information content (AvgIpc) is 3.21. The summed E-state index contributed by atoms with van der Waals surface area (Å²) >= 11 is 1.33. The van der Waals surface area contributed by atoms with E-state index in [2.05, 4.69) is 5.32 Å². The number of carbonyl (C=O) groups excluding carboxylic acids is 2. The number of nitrogens with one attached hydrogen (secondary N) is 1. The van der Waals surface area contributed by atoms with Gasteiger partial charge in [-0.3, -0.25) is 14.2 Å². The molecular weight excluding hydrogens is 465 g/mol. The van der Waals surface area contributed by atoms with Gasteiger partial charge in [0.1, 0.15) is 0 Å². The van der Waals surface area contributed by atoms with E-state index in [0.29, 0.717) is 34.5 Å². The van der Waals surface area contributed by atoms with Gasteiger partial charge in [0.25, 0.3) is 0 Å². The van der Waals surface area contributed by atoms with Crippen molar-refractivity contribution in [2.24, 2.45) is 0 Å². The largest absolute Gasteiger partial charge is 0.454 e. The van der Waals surface area contributed by atoms with E-state index in [1.165, 1.54) is 11.8 Å². The second-order valence-corrected chi connectivity index (χ2v) is 11.1.